The van der Waals surface area contributed by atoms with Crippen molar-refractivity contribution in [1.29, 1.82) is 0 Å². The molecule has 0 aromatic heterocycles. The van der Waals surface area contributed by atoms with E-state index in [1.807, 2.05) is 0 Å². The van der Waals surface area contributed by atoms with Crippen molar-refractivity contribution in [2.45, 2.75) is 6.10 Å². The van der Waals surface area contributed by atoms with Crippen LogP contribution in [0.3, 0.4) is 0 Å². The fourth-order valence-electron chi connectivity index (χ4n) is 1.26. The highest BCUT2D eigenvalue weighted by atomic mass is 16.6. The summed E-state index contributed by atoms with van der Waals surface area (Å²) in [5.41, 5.74) is -2.46. The van der Waals surface area contributed by atoms with Crippen molar-refractivity contribution < 1.29 is 24.9 Å². The first kappa shape index (κ1) is 12.5. The number of aliphatic hydroxyl groups excluding tert-OH is 1. The number of aliphatic carboxylic acids is 1. The van der Waals surface area contributed by atoms with Gasteiger partial charge < -0.3 is 10.2 Å². The van der Waals surface area contributed by atoms with Gasteiger partial charge in [-0.05, 0) is 6.07 Å². The number of aliphatic hydroxyl groups is 1. The van der Waals surface area contributed by atoms with Gasteiger partial charge in [-0.2, -0.15) is 0 Å². The van der Waals surface area contributed by atoms with Gasteiger partial charge in [-0.1, -0.05) is 0 Å². The van der Waals surface area contributed by atoms with Crippen LogP contribution in [0.2, 0.25) is 0 Å². The number of carboxylic acid groups (broad SMARTS) is 1. The number of rotatable bonds is 4. The lowest BCUT2D eigenvalue weighted by molar-refractivity contribution is -0.396. The van der Waals surface area contributed by atoms with Crippen molar-refractivity contribution in [1.82, 2.24) is 0 Å². The Morgan fingerprint density at radius 3 is 1.88 bits per heavy atom. The minimum atomic E-state index is -2.32. The van der Waals surface area contributed by atoms with Gasteiger partial charge in [-0.25, -0.2) is 4.79 Å². The van der Waals surface area contributed by atoms with Gasteiger partial charge in [0.05, 0.1) is 9.85 Å². The third kappa shape index (κ3) is 2.34. The summed E-state index contributed by atoms with van der Waals surface area (Å²) < 4.78 is 0. The lowest BCUT2D eigenvalue weighted by atomic mass is 10.0. The lowest BCUT2D eigenvalue weighted by Crippen LogP contribution is -2.14. The van der Waals surface area contributed by atoms with E-state index < -0.39 is 38.9 Å². The summed E-state index contributed by atoms with van der Waals surface area (Å²) in [6.45, 7) is 0. The number of hydrogen-bond donors (Lipinski definition) is 2. The van der Waals surface area contributed by atoms with Crippen LogP contribution in [0.4, 0.5) is 11.4 Å². The van der Waals surface area contributed by atoms with Gasteiger partial charge in [0.2, 0.25) is 0 Å². The Labute approximate surface area is 93.2 Å². The lowest BCUT2D eigenvalue weighted by Gasteiger charge is -2.06. The van der Waals surface area contributed by atoms with Crippen LogP contribution >= 0.6 is 0 Å². The van der Waals surface area contributed by atoms with E-state index in [2.05, 4.69) is 0 Å². The average Bonchev–Trinajstić information content (AvgIpc) is 2.26. The molecule has 0 radical (unpaired) electrons. The maximum atomic E-state index is 10.6. The molecule has 0 heterocycles. The number of benzene rings is 1. The van der Waals surface area contributed by atoms with Gasteiger partial charge in [0, 0.05) is 12.1 Å². The summed E-state index contributed by atoms with van der Waals surface area (Å²) in [7, 11) is 0. The zero-order chi connectivity index (χ0) is 13.2. The summed E-state index contributed by atoms with van der Waals surface area (Å²) >= 11 is 0. The molecule has 1 atom stereocenters. The van der Waals surface area contributed by atoms with Crippen molar-refractivity contribution in [2.75, 3.05) is 0 Å². The molecule has 0 saturated carbocycles. The molecule has 0 aliphatic heterocycles. The van der Waals surface area contributed by atoms with Gasteiger partial charge in [-0.15, -0.1) is 0 Å². The highest BCUT2D eigenvalue weighted by Gasteiger charge is 2.34. The molecular weight excluding hydrogens is 236 g/mol. The molecule has 0 fully saturated rings. The van der Waals surface area contributed by atoms with Gasteiger partial charge in [-0.3, -0.25) is 20.2 Å². The van der Waals surface area contributed by atoms with E-state index >= 15 is 0 Å². The number of carboxylic acids is 1. The first-order chi connectivity index (χ1) is 7.86. The zero-order valence-electron chi connectivity index (χ0n) is 8.14. The maximum absolute atomic E-state index is 10.6. The van der Waals surface area contributed by atoms with Crippen molar-refractivity contribution in [3.05, 3.63) is 44.0 Å². The smallest absolute Gasteiger partial charge is 0.337 e. The van der Waals surface area contributed by atoms with Crippen LogP contribution in [0.5, 0.6) is 0 Å². The zero-order valence-corrected chi connectivity index (χ0v) is 8.14. The Balaban J connectivity index is 3.54. The first-order valence-corrected chi connectivity index (χ1v) is 4.18. The monoisotopic (exact) mass is 242 g/mol. The average molecular weight is 242 g/mol. The number of nitro benzene ring substituents is 2. The van der Waals surface area contributed by atoms with E-state index in [0.29, 0.717) is 0 Å². The van der Waals surface area contributed by atoms with E-state index in [4.69, 9.17) is 5.11 Å². The SMILES string of the molecule is O=C(O)C(O)c1c([N+](=O)[O-])cccc1[N+](=O)[O-]. The van der Waals surface area contributed by atoms with E-state index in [1.165, 1.54) is 0 Å². The van der Waals surface area contributed by atoms with Crippen LogP contribution in [0.1, 0.15) is 11.7 Å². The van der Waals surface area contributed by atoms with Gasteiger partial charge in [0.1, 0.15) is 5.56 Å². The standard InChI is InChI=1S/C8H6N2O7/c11-7(8(12)13)6-4(9(14)15)2-1-3-5(6)10(16)17/h1-3,7,11H,(H,12,13). The van der Waals surface area contributed by atoms with E-state index in [9.17, 15) is 30.1 Å². The highest BCUT2D eigenvalue weighted by Crippen LogP contribution is 2.33. The first-order valence-electron chi connectivity index (χ1n) is 4.18. The number of nitro groups is 2. The predicted octanol–water partition coefficient (Wildman–Crippen LogP) is 0.621. The van der Waals surface area contributed by atoms with Crippen LogP contribution in [0.25, 0.3) is 0 Å². The van der Waals surface area contributed by atoms with Crippen molar-refractivity contribution >= 4 is 17.3 Å². The molecule has 1 rings (SSSR count). The molecule has 0 spiro atoms. The second-order valence-corrected chi connectivity index (χ2v) is 2.96. The molecule has 1 unspecified atom stereocenters. The number of carbonyl (C=O) groups is 1. The van der Waals surface area contributed by atoms with Crippen LogP contribution in [0, 0.1) is 20.2 Å². The molecule has 17 heavy (non-hydrogen) atoms. The third-order valence-electron chi connectivity index (χ3n) is 1.96. The molecule has 1 aromatic rings. The minimum Gasteiger partial charge on any atom is -0.479 e. The minimum absolute atomic E-state index is 0.811. The Morgan fingerprint density at radius 1 is 1.18 bits per heavy atom. The summed E-state index contributed by atoms with van der Waals surface area (Å²) in [4.78, 5) is 29.8. The summed E-state index contributed by atoms with van der Waals surface area (Å²) in [6, 6.07) is 2.80. The summed E-state index contributed by atoms with van der Waals surface area (Å²) in [5, 5.41) is 39.0. The second kappa shape index (κ2) is 4.53. The fourth-order valence-corrected chi connectivity index (χ4v) is 1.26. The van der Waals surface area contributed by atoms with E-state index in [1.54, 1.807) is 0 Å². The third-order valence-corrected chi connectivity index (χ3v) is 1.96. The Kier molecular flexibility index (Phi) is 3.34. The normalized spacial score (nSPS) is 11.8. The topological polar surface area (TPSA) is 144 Å². The molecule has 90 valence electrons. The Morgan fingerprint density at radius 2 is 1.59 bits per heavy atom. The number of hydrogen-bond acceptors (Lipinski definition) is 6. The van der Waals surface area contributed by atoms with E-state index in [0.717, 1.165) is 18.2 Å². The molecule has 0 amide bonds. The Hall–Kier alpha value is -2.55. The summed E-state index contributed by atoms with van der Waals surface area (Å²) in [5.74, 6) is -1.80. The molecule has 2 N–H and O–H groups in total. The molecular formula is C8H6N2O7. The van der Waals surface area contributed by atoms with Crippen molar-refractivity contribution in [3.63, 3.8) is 0 Å². The predicted molar refractivity (Wildman–Crippen MR) is 52.3 cm³/mol. The van der Waals surface area contributed by atoms with Gasteiger partial charge in [0.25, 0.3) is 11.4 Å². The van der Waals surface area contributed by atoms with Gasteiger partial charge >= 0.3 is 5.97 Å². The second-order valence-electron chi connectivity index (χ2n) is 2.96. The van der Waals surface area contributed by atoms with Crippen LogP contribution in [-0.4, -0.2) is 26.0 Å². The van der Waals surface area contributed by atoms with Crippen LogP contribution in [0.15, 0.2) is 18.2 Å². The maximum Gasteiger partial charge on any atom is 0.337 e. The highest BCUT2D eigenvalue weighted by molar-refractivity contribution is 5.78. The Bertz CT molecular complexity index is 466. The summed E-state index contributed by atoms with van der Waals surface area (Å²) in [6.07, 6.45) is -2.32. The van der Waals surface area contributed by atoms with Crippen molar-refractivity contribution in [3.8, 4) is 0 Å². The largest absolute Gasteiger partial charge is 0.479 e. The fraction of sp³-hybridized carbons (Fsp3) is 0.125. The van der Waals surface area contributed by atoms with Gasteiger partial charge in [0.15, 0.2) is 6.10 Å². The molecule has 9 nitrogen and oxygen atoms in total. The van der Waals surface area contributed by atoms with Crippen molar-refractivity contribution in [2.24, 2.45) is 0 Å². The quantitative estimate of drug-likeness (QED) is 0.581. The molecule has 0 aliphatic carbocycles. The number of nitrogens with zero attached hydrogens (tertiary/aromatic N) is 2. The van der Waals surface area contributed by atoms with Crippen LogP contribution < -0.4 is 0 Å². The molecule has 1 aromatic carbocycles. The van der Waals surface area contributed by atoms with Crippen LogP contribution in [-0.2, 0) is 4.79 Å². The molecule has 0 aliphatic rings. The molecule has 9 heteroatoms. The molecule has 0 bridgehead atoms. The molecule has 0 saturated heterocycles. The van der Waals surface area contributed by atoms with E-state index in [-0.39, 0.29) is 0 Å².